The molecule has 0 unspecified atom stereocenters. The maximum absolute atomic E-state index is 13.8. The first-order chi connectivity index (χ1) is 33.6. The van der Waals surface area contributed by atoms with Crippen molar-refractivity contribution < 1.29 is 53.9 Å². The molecule has 2 fully saturated rings. The van der Waals surface area contributed by atoms with Crippen LogP contribution in [0.25, 0.3) is 10.9 Å². The molecular weight excluding hydrogens is 915 g/mol. The van der Waals surface area contributed by atoms with Crippen LogP contribution in [0.5, 0.6) is 5.75 Å². The van der Waals surface area contributed by atoms with Crippen molar-refractivity contribution in [1.29, 1.82) is 0 Å². The molecule has 5 rings (SSSR count). The van der Waals surface area contributed by atoms with Crippen molar-refractivity contribution >= 4 is 41.4 Å². The van der Waals surface area contributed by atoms with Gasteiger partial charge in [0.25, 0.3) is 0 Å². The summed E-state index contributed by atoms with van der Waals surface area (Å²) < 4.78 is 11.8. The Morgan fingerprint density at radius 3 is 1.32 bits per heavy atom. The molecule has 20 nitrogen and oxygen atoms in total. The van der Waals surface area contributed by atoms with Crippen molar-refractivity contribution in [1.82, 2.24) is 44.2 Å². The molecule has 0 saturated carbocycles. The standard InChI is InChI=1S/C51H77N9O11/c1-50(2,3)70-48(68)59-26-11-21-55(38-41-16-17-43(61)44-42(41)15-8-18-52-44)29-32-60(49(69)71-51(4,5)6)25-10-20-54(28-31-59)37-40-14-7-13-39(35-40)36-53-19-9-22-57(46(64)65)33-34-58(47(66)67)24-12-23-56(30-27-53)45(62)63/h7-8,13-18,35,61H,9-12,19-34,36-38H2,1-6H3,(H,62,63)(H,64,65)(H,66,67). The van der Waals surface area contributed by atoms with E-state index < -0.39 is 35.6 Å². The number of amides is 5. The van der Waals surface area contributed by atoms with Crippen molar-refractivity contribution in [2.45, 2.75) is 98.1 Å². The van der Waals surface area contributed by atoms with Crippen LogP contribution in [-0.2, 0) is 29.1 Å². The van der Waals surface area contributed by atoms with E-state index >= 15 is 0 Å². The molecule has 20 heteroatoms. The molecule has 392 valence electrons. The third-order valence-corrected chi connectivity index (χ3v) is 12.4. The van der Waals surface area contributed by atoms with Gasteiger partial charge < -0.3 is 54.4 Å². The SMILES string of the molecule is CC(C)(C)OC(=O)N1CCCN(Cc2ccc(O)c3ncccc23)CCN(C(=O)OC(C)(C)C)CCCN(Cc2cccc(CN3CCCN(C(=O)O)CCN(C(=O)O)CCCN(C(=O)O)CC3)c2)CC1. The summed E-state index contributed by atoms with van der Waals surface area (Å²) in [5.74, 6) is 0.107. The van der Waals surface area contributed by atoms with Crippen molar-refractivity contribution in [3.05, 3.63) is 71.4 Å². The molecule has 2 aromatic carbocycles. The number of nitrogens with zero attached hydrogens (tertiary/aromatic N) is 9. The van der Waals surface area contributed by atoms with E-state index in [4.69, 9.17) is 9.47 Å². The molecule has 5 amide bonds. The first-order valence-electron chi connectivity index (χ1n) is 24.8. The van der Waals surface area contributed by atoms with Gasteiger partial charge >= 0.3 is 30.5 Å². The fourth-order valence-corrected chi connectivity index (χ4v) is 8.83. The highest BCUT2D eigenvalue weighted by molar-refractivity contribution is 5.87. The zero-order valence-electron chi connectivity index (χ0n) is 42.6. The van der Waals surface area contributed by atoms with Gasteiger partial charge in [-0.1, -0.05) is 36.4 Å². The number of aromatic nitrogens is 1. The third kappa shape index (κ3) is 18.9. The summed E-state index contributed by atoms with van der Waals surface area (Å²) >= 11 is 0. The number of phenolic OH excluding ortho intramolecular Hbond substituents is 1. The van der Waals surface area contributed by atoms with Gasteiger partial charge in [-0.2, -0.15) is 0 Å². The Kier molecular flexibility index (Phi) is 20.7. The number of hydrogen-bond acceptors (Lipinski definition) is 12. The summed E-state index contributed by atoms with van der Waals surface area (Å²) in [5, 5.41) is 41.0. The molecule has 2 aliphatic rings. The number of hydrogen-bond donors (Lipinski definition) is 4. The molecule has 0 radical (unpaired) electrons. The fourth-order valence-electron chi connectivity index (χ4n) is 8.83. The summed E-state index contributed by atoms with van der Waals surface area (Å²) in [4.78, 5) is 82.2. The Labute approximate surface area is 418 Å². The molecule has 0 atom stereocenters. The second kappa shape index (κ2) is 26.4. The quantitative estimate of drug-likeness (QED) is 0.194. The molecule has 71 heavy (non-hydrogen) atoms. The number of ether oxygens (including phenoxy) is 2. The van der Waals surface area contributed by atoms with Gasteiger partial charge in [-0.25, -0.2) is 24.0 Å². The minimum Gasteiger partial charge on any atom is -0.506 e. The van der Waals surface area contributed by atoms with Crippen LogP contribution in [0.3, 0.4) is 0 Å². The Morgan fingerprint density at radius 2 is 0.887 bits per heavy atom. The maximum atomic E-state index is 13.8. The molecule has 3 aromatic rings. The van der Waals surface area contributed by atoms with E-state index in [-0.39, 0.29) is 57.5 Å². The summed E-state index contributed by atoms with van der Waals surface area (Å²) in [7, 11) is 0. The predicted molar refractivity (Wildman–Crippen MR) is 269 cm³/mol. The van der Waals surface area contributed by atoms with Gasteiger partial charge in [0.05, 0.1) is 0 Å². The van der Waals surface area contributed by atoms with E-state index in [1.54, 1.807) is 22.1 Å². The lowest BCUT2D eigenvalue weighted by molar-refractivity contribution is 0.0177. The number of phenols is 1. The number of carbonyl (C=O) groups excluding carboxylic acids is 2. The van der Waals surface area contributed by atoms with E-state index in [9.17, 15) is 44.4 Å². The molecule has 3 heterocycles. The van der Waals surface area contributed by atoms with Gasteiger partial charge in [-0.3, -0.25) is 19.7 Å². The van der Waals surface area contributed by atoms with Gasteiger partial charge in [-0.05, 0) is 96.0 Å². The molecular formula is C51H77N9O11. The Bertz CT molecular complexity index is 2240. The summed E-state index contributed by atoms with van der Waals surface area (Å²) in [6.07, 6.45) is -0.543. The third-order valence-electron chi connectivity index (χ3n) is 12.4. The van der Waals surface area contributed by atoms with Crippen LogP contribution in [0.15, 0.2) is 54.7 Å². The van der Waals surface area contributed by atoms with Crippen LogP contribution in [0.4, 0.5) is 24.0 Å². The van der Waals surface area contributed by atoms with Gasteiger partial charge in [-0.15, -0.1) is 0 Å². The molecule has 0 bridgehead atoms. The van der Waals surface area contributed by atoms with E-state index in [1.165, 1.54) is 9.80 Å². The lowest BCUT2D eigenvalue weighted by atomic mass is 10.1. The maximum Gasteiger partial charge on any atom is 0.410 e. The minimum absolute atomic E-state index is 0.00808. The van der Waals surface area contributed by atoms with Crippen molar-refractivity contribution in [2.24, 2.45) is 0 Å². The van der Waals surface area contributed by atoms with Crippen LogP contribution in [0.1, 0.15) is 83.9 Å². The van der Waals surface area contributed by atoms with Crippen molar-refractivity contribution in [2.75, 3.05) is 105 Å². The highest BCUT2D eigenvalue weighted by Gasteiger charge is 2.27. The van der Waals surface area contributed by atoms with Crippen LogP contribution in [-0.4, -0.2) is 211 Å². The number of aromatic hydroxyl groups is 1. The molecule has 0 aliphatic carbocycles. The van der Waals surface area contributed by atoms with Crippen molar-refractivity contribution in [3.63, 3.8) is 0 Å². The Balaban J connectivity index is 1.35. The van der Waals surface area contributed by atoms with E-state index in [2.05, 4.69) is 31.8 Å². The molecule has 0 spiro atoms. The first kappa shape index (κ1) is 55.8. The summed E-state index contributed by atoms with van der Waals surface area (Å²) in [5.41, 5.74) is 2.13. The lowest BCUT2D eigenvalue weighted by Gasteiger charge is -2.33. The molecule has 2 saturated heterocycles. The second-order valence-corrected chi connectivity index (χ2v) is 20.4. The van der Waals surface area contributed by atoms with E-state index in [0.29, 0.717) is 110 Å². The van der Waals surface area contributed by atoms with Crippen LogP contribution >= 0.6 is 0 Å². The van der Waals surface area contributed by atoms with Crippen LogP contribution in [0, 0.1) is 0 Å². The monoisotopic (exact) mass is 992 g/mol. The van der Waals surface area contributed by atoms with Gasteiger partial charge in [0, 0.05) is 136 Å². The second-order valence-electron chi connectivity index (χ2n) is 20.4. The average Bonchev–Trinajstić information content (AvgIpc) is 3.28. The van der Waals surface area contributed by atoms with Gasteiger partial charge in [0.15, 0.2) is 0 Å². The summed E-state index contributed by atoms with van der Waals surface area (Å²) in [6.45, 7) is 18.1. The lowest BCUT2D eigenvalue weighted by Crippen LogP contribution is -2.45. The Morgan fingerprint density at radius 1 is 0.493 bits per heavy atom. The number of rotatable bonds is 6. The van der Waals surface area contributed by atoms with Crippen LogP contribution < -0.4 is 0 Å². The zero-order valence-corrected chi connectivity index (χ0v) is 42.6. The van der Waals surface area contributed by atoms with E-state index in [0.717, 1.165) is 27.0 Å². The van der Waals surface area contributed by atoms with Crippen LogP contribution in [0.2, 0.25) is 0 Å². The smallest absolute Gasteiger partial charge is 0.410 e. The topological polar surface area (TPSA) is 224 Å². The summed E-state index contributed by atoms with van der Waals surface area (Å²) in [6, 6.07) is 15.5. The van der Waals surface area contributed by atoms with E-state index in [1.807, 2.05) is 71.9 Å². The largest absolute Gasteiger partial charge is 0.506 e. The molecule has 2 aliphatic heterocycles. The van der Waals surface area contributed by atoms with Gasteiger partial charge in [0.2, 0.25) is 0 Å². The van der Waals surface area contributed by atoms with Gasteiger partial charge in [0.1, 0.15) is 22.5 Å². The fraction of sp³-hybridized carbons (Fsp3) is 0.608. The number of benzene rings is 2. The minimum atomic E-state index is -1.18. The zero-order chi connectivity index (χ0) is 51.7. The predicted octanol–water partition coefficient (Wildman–Crippen LogP) is 7.05. The highest BCUT2D eigenvalue weighted by atomic mass is 16.6. The Hall–Kier alpha value is -6.12. The molecule has 4 N–H and O–H groups in total. The number of carbonyl (C=O) groups is 5. The molecule has 1 aromatic heterocycles. The number of pyridine rings is 1. The first-order valence-corrected chi connectivity index (χ1v) is 24.8. The number of fused-ring (bicyclic) bond motifs is 1. The van der Waals surface area contributed by atoms with Crippen molar-refractivity contribution in [3.8, 4) is 5.75 Å². The highest BCUT2D eigenvalue weighted by Crippen LogP contribution is 2.27. The normalized spacial score (nSPS) is 18.1. The number of carboxylic acid groups (broad SMARTS) is 3. The average molecular weight is 992 g/mol.